The summed E-state index contributed by atoms with van der Waals surface area (Å²) in [6.45, 7) is -0.339. The molecule has 2 aromatic carbocycles. The van der Waals surface area contributed by atoms with E-state index in [2.05, 4.69) is 21.8 Å². The van der Waals surface area contributed by atoms with Crippen molar-refractivity contribution in [3.05, 3.63) is 59.4 Å². The summed E-state index contributed by atoms with van der Waals surface area (Å²) in [4.78, 5) is 7.58. The van der Waals surface area contributed by atoms with Crippen molar-refractivity contribution in [3.8, 4) is 11.8 Å². The molecule has 0 bridgehead atoms. The molecule has 0 radical (unpaired) electrons. The number of aryl methyl sites for hydroxylation is 1. The minimum absolute atomic E-state index is 0.339. The van der Waals surface area contributed by atoms with Gasteiger partial charge >= 0.3 is 0 Å². The Morgan fingerprint density at radius 3 is 2.82 bits per heavy atom. The second-order valence-corrected chi connectivity index (χ2v) is 5.06. The zero-order chi connectivity index (χ0) is 15.4. The Kier molecular flexibility index (Phi) is 4.06. The van der Waals surface area contributed by atoms with E-state index in [-0.39, 0.29) is 6.67 Å². The highest BCUT2D eigenvalue weighted by Gasteiger charge is 2.01. The Morgan fingerprint density at radius 2 is 2.00 bits per heavy atom. The monoisotopic (exact) mass is 293 g/mol. The molecule has 0 spiro atoms. The van der Waals surface area contributed by atoms with Crippen molar-refractivity contribution in [3.63, 3.8) is 0 Å². The summed E-state index contributed by atoms with van der Waals surface area (Å²) in [6.07, 6.45) is 1.10. The van der Waals surface area contributed by atoms with Gasteiger partial charge in [-0.2, -0.15) is 0 Å². The molecule has 3 aromatic rings. The maximum absolute atomic E-state index is 12.3. The number of rotatable bonds is 3. The van der Waals surface area contributed by atoms with Gasteiger partial charge in [-0.3, -0.25) is 4.39 Å². The SMILES string of the molecule is Nc1ccc(C#Cc2nc3ccccc3[nH]2)cc1CCCF. The average molecular weight is 293 g/mol. The summed E-state index contributed by atoms with van der Waals surface area (Å²) in [5, 5.41) is 0. The summed E-state index contributed by atoms with van der Waals surface area (Å²) in [7, 11) is 0. The van der Waals surface area contributed by atoms with E-state index < -0.39 is 0 Å². The number of hydrogen-bond donors (Lipinski definition) is 2. The quantitative estimate of drug-likeness (QED) is 0.574. The lowest BCUT2D eigenvalue weighted by atomic mass is 10.0. The number of anilines is 1. The largest absolute Gasteiger partial charge is 0.399 e. The van der Waals surface area contributed by atoms with E-state index in [1.807, 2.05) is 42.5 Å². The van der Waals surface area contributed by atoms with E-state index in [4.69, 9.17) is 5.73 Å². The molecule has 1 heterocycles. The van der Waals surface area contributed by atoms with Crippen LogP contribution in [-0.4, -0.2) is 16.6 Å². The minimum Gasteiger partial charge on any atom is -0.399 e. The Morgan fingerprint density at radius 1 is 1.14 bits per heavy atom. The molecule has 3 N–H and O–H groups in total. The number of nitrogen functional groups attached to an aromatic ring is 1. The van der Waals surface area contributed by atoms with Crippen LogP contribution in [-0.2, 0) is 6.42 Å². The van der Waals surface area contributed by atoms with Crippen LogP contribution in [0.3, 0.4) is 0 Å². The molecule has 1 aromatic heterocycles. The Labute approximate surface area is 128 Å². The third-order valence-corrected chi connectivity index (χ3v) is 3.44. The molecule has 4 heteroatoms. The van der Waals surface area contributed by atoms with Crippen LogP contribution in [0, 0.1) is 11.8 Å². The van der Waals surface area contributed by atoms with Crippen LogP contribution in [0.4, 0.5) is 10.1 Å². The van der Waals surface area contributed by atoms with Gasteiger partial charge in [0.05, 0.1) is 17.7 Å². The molecule has 0 unspecified atom stereocenters. The number of imidazole rings is 1. The number of nitrogens with two attached hydrogens (primary N) is 1. The number of nitrogens with one attached hydrogen (secondary N) is 1. The number of benzene rings is 2. The molecular formula is C18H16FN3. The molecule has 0 aliphatic rings. The van der Waals surface area contributed by atoms with Gasteiger partial charge in [0.2, 0.25) is 0 Å². The van der Waals surface area contributed by atoms with Gasteiger partial charge < -0.3 is 10.7 Å². The first-order valence-corrected chi connectivity index (χ1v) is 7.17. The number of para-hydroxylation sites is 2. The number of halogens is 1. The van der Waals surface area contributed by atoms with Gasteiger partial charge in [-0.1, -0.05) is 18.1 Å². The van der Waals surface area contributed by atoms with Gasteiger partial charge in [-0.05, 0) is 54.7 Å². The summed E-state index contributed by atoms with van der Waals surface area (Å²) in [5.41, 5.74) is 10.2. The van der Waals surface area contributed by atoms with Crippen LogP contribution in [0.15, 0.2) is 42.5 Å². The molecule has 0 aliphatic carbocycles. The van der Waals surface area contributed by atoms with E-state index in [0.717, 1.165) is 22.2 Å². The van der Waals surface area contributed by atoms with Crippen molar-refractivity contribution in [2.75, 3.05) is 12.4 Å². The lowest BCUT2D eigenvalue weighted by Crippen LogP contribution is -1.96. The molecule has 3 nitrogen and oxygen atoms in total. The standard InChI is InChI=1S/C18H16FN3/c19-11-3-4-14-12-13(7-9-15(14)20)8-10-18-21-16-5-1-2-6-17(16)22-18/h1-2,5-7,9,12H,3-4,11,20H2,(H,21,22). The normalized spacial score (nSPS) is 10.4. The number of aromatic nitrogens is 2. The summed E-state index contributed by atoms with van der Waals surface area (Å²) < 4.78 is 12.3. The Hall–Kier alpha value is -2.80. The molecule has 0 aliphatic heterocycles. The molecule has 0 amide bonds. The van der Waals surface area contributed by atoms with Gasteiger partial charge in [0, 0.05) is 11.3 Å². The third kappa shape index (κ3) is 3.09. The third-order valence-electron chi connectivity index (χ3n) is 3.44. The van der Waals surface area contributed by atoms with Crippen molar-refractivity contribution < 1.29 is 4.39 Å². The molecular weight excluding hydrogens is 277 g/mol. The maximum atomic E-state index is 12.3. The summed E-state index contributed by atoms with van der Waals surface area (Å²) in [5.74, 6) is 6.72. The molecule has 0 saturated heterocycles. The summed E-state index contributed by atoms with van der Waals surface area (Å²) >= 11 is 0. The highest BCUT2D eigenvalue weighted by molar-refractivity contribution is 5.75. The number of hydrogen-bond acceptors (Lipinski definition) is 2. The van der Waals surface area contributed by atoms with Crippen molar-refractivity contribution in [2.24, 2.45) is 0 Å². The van der Waals surface area contributed by atoms with Crippen LogP contribution in [0.5, 0.6) is 0 Å². The highest BCUT2D eigenvalue weighted by atomic mass is 19.1. The van der Waals surface area contributed by atoms with Crippen molar-refractivity contribution in [1.29, 1.82) is 0 Å². The van der Waals surface area contributed by atoms with E-state index in [0.29, 0.717) is 24.4 Å². The summed E-state index contributed by atoms with van der Waals surface area (Å²) in [6, 6.07) is 13.4. The van der Waals surface area contributed by atoms with E-state index in [9.17, 15) is 4.39 Å². The second-order valence-electron chi connectivity index (χ2n) is 5.06. The van der Waals surface area contributed by atoms with Crippen molar-refractivity contribution in [2.45, 2.75) is 12.8 Å². The van der Waals surface area contributed by atoms with E-state index in [1.54, 1.807) is 0 Å². The van der Waals surface area contributed by atoms with Crippen LogP contribution >= 0.6 is 0 Å². The van der Waals surface area contributed by atoms with E-state index >= 15 is 0 Å². The second kappa shape index (κ2) is 6.31. The molecule has 0 saturated carbocycles. The van der Waals surface area contributed by atoms with Crippen LogP contribution in [0.2, 0.25) is 0 Å². The van der Waals surface area contributed by atoms with Gasteiger partial charge in [-0.25, -0.2) is 4.98 Å². The zero-order valence-electron chi connectivity index (χ0n) is 12.1. The lowest BCUT2D eigenvalue weighted by Gasteiger charge is -2.04. The molecule has 3 rings (SSSR count). The van der Waals surface area contributed by atoms with Crippen LogP contribution in [0.25, 0.3) is 11.0 Å². The number of alkyl halides is 1. The fourth-order valence-electron chi connectivity index (χ4n) is 2.30. The first kappa shape index (κ1) is 14.2. The molecule has 110 valence electrons. The predicted molar refractivity (Wildman–Crippen MR) is 87.2 cm³/mol. The first-order chi connectivity index (χ1) is 10.8. The lowest BCUT2D eigenvalue weighted by molar-refractivity contribution is 0.473. The van der Waals surface area contributed by atoms with Gasteiger partial charge in [0.25, 0.3) is 0 Å². The fraction of sp³-hybridized carbons (Fsp3) is 0.167. The van der Waals surface area contributed by atoms with Crippen LogP contribution in [0.1, 0.15) is 23.4 Å². The van der Waals surface area contributed by atoms with Crippen molar-refractivity contribution in [1.82, 2.24) is 9.97 Å². The average Bonchev–Trinajstić information content (AvgIpc) is 2.95. The number of fused-ring (bicyclic) bond motifs is 1. The zero-order valence-corrected chi connectivity index (χ0v) is 12.1. The van der Waals surface area contributed by atoms with E-state index in [1.165, 1.54) is 0 Å². The smallest absolute Gasteiger partial charge is 0.184 e. The van der Waals surface area contributed by atoms with Crippen LogP contribution < -0.4 is 5.73 Å². The van der Waals surface area contributed by atoms with Gasteiger partial charge in [0.1, 0.15) is 0 Å². The fourth-order valence-corrected chi connectivity index (χ4v) is 2.30. The Balaban J connectivity index is 1.86. The number of nitrogens with zero attached hydrogens (tertiary/aromatic N) is 1. The molecule has 22 heavy (non-hydrogen) atoms. The van der Waals surface area contributed by atoms with Crippen molar-refractivity contribution >= 4 is 16.7 Å². The highest BCUT2D eigenvalue weighted by Crippen LogP contribution is 2.16. The predicted octanol–water partition coefficient (Wildman–Crippen LogP) is 3.45. The first-order valence-electron chi connectivity index (χ1n) is 7.17. The topological polar surface area (TPSA) is 54.7 Å². The van der Waals surface area contributed by atoms with Gasteiger partial charge in [0.15, 0.2) is 5.82 Å². The maximum Gasteiger partial charge on any atom is 0.184 e. The Bertz CT molecular complexity index is 822. The molecule has 0 fully saturated rings. The number of aromatic amines is 1. The molecule has 0 atom stereocenters. The number of H-pyrrole nitrogens is 1. The minimum atomic E-state index is -0.339. The van der Waals surface area contributed by atoms with Gasteiger partial charge in [-0.15, -0.1) is 0 Å².